The quantitative estimate of drug-likeness (QED) is 0.920. The van der Waals surface area contributed by atoms with E-state index < -0.39 is 11.7 Å². The Morgan fingerprint density at radius 2 is 1.70 bits per heavy atom. The summed E-state index contributed by atoms with van der Waals surface area (Å²) >= 11 is 0. The average molecular weight is 320 g/mol. The molecule has 1 aliphatic rings. The monoisotopic (exact) mass is 320 g/mol. The van der Waals surface area contributed by atoms with Crippen LogP contribution in [0.25, 0.3) is 0 Å². The lowest BCUT2D eigenvalue weighted by molar-refractivity contribution is -0.137. The fourth-order valence-corrected chi connectivity index (χ4v) is 2.29. The minimum atomic E-state index is -4.43. The second-order valence-corrected chi connectivity index (χ2v) is 4.99. The number of carbonyl (C=O) groups is 1. The highest BCUT2D eigenvalue weighted by atomic mass is 19.4. The number of nitrogens with zero attached hydrogens (tertiary/aromatic N) is 2. The number of hydrazone groups is 1. The number of hydrogen-bond donors (Lipinski definition) is 1. The maximum atomic E-state index is 12.6. The Hall–Kier alpha value is -2.83. The van der Waals surface area contributed by atoms with Gasteiger partial charge in [0.05, 0.1) is 23.4 Å². The minimum absolute atomic E-state index is 0.00619. The van der Waals surface area contributed by atoms with Crippen LogP contribution in [0.3, 0.4) is 0 Å². The van der Waals surface area contributed by atoms with Crippen LogP contribution in [0.15, 0.2) is 53.6 Å². The zero-order valence-electron chi connectivity index (χ0n) is 11.7. The zero-order chi connectivity index (χ0) is 16.6. The molecule has 1 heterocycles. The Morgan fingerprint density at radius 1 is 1.04 bits per heavy atom. The van der Waals surface area contributed by atoms with Gasteiger partial charge in [0.1, 0.15) is 5.75 Å². The SMILES string of the molecule is O=C1CC(c2ccccc2O)=NN1c1ccc(C(F)(F)F)cc1. The summed E-state index contributed by atoms with van der Waals surface area (Å²) in [6.07, 6.45) is -4.46. The summed E-state index contributed by atoms with van der Waals surface area (Å²) in [5.41, 5.74) is 0.245. The third kappa shape index (κ3) is 2.90. The van der Waals surface area contributed by atoms with Gasteiger partial charge in [0.15, 0.2) is 0 Å². The molecule has 2 aromatic carbocycles. The van der Waals surface area contributed by atoms with E-state index in [9.17, 15) is 23.1 Å². The molecule has 0 spiro atoms. The number of para-hydroxylation sites is 1. The van der Waals surface area contributed by atoms with Gasteiger partial charge in [-0.25, -0.2) is 5.01 Å². The van der Waals surface area contributed by atoms with Crippen LogP contribution < -0.4 is 5.01 Å². The van der Waals surface area contributed by atoms with Gasteiger partial charge in [-0.1, -0.05) is 12.1 Å². The fourth-order valence-electron chi connectivity index (χ4n) is 2.29. The maximum absolute atomic E-state index is 12.6. The first-order valence-electron chi connectivity index (χ1n) is 6.72. The molecule has 1 aliphatic heterocycles. The molecule has 0 bridgehead atoms. The molecule has 1 amide bonds. The summed E-state index contributed by atoms with van der Waals surface area (Å²) in [4.78, 5) is 12.1. The van der Waals surface area contributed by atoms with Crippen molar-refractivity contribution >= 4 is 17.3 Å². The lowest BCUT2D eigenvalue weighted by atomic mass is 10.1. The second-order valence-electron chi connectivity index (χ2n) is 4.99. The summed E-state index contributed by atoms with van der Waals surface area (Å²) in [5, 5.41) is 15.0. The van der Waals surface area contributed by atoms with E-state index in [-0.39, 0.29) is 23.8 Å². The largest absolute Gasteiger partial charge is 0.507 e. The first-order chi connectivity index (χ1) is 10.9. The third-order valence-electron chi connectivity index (χ3n) is 3.43. The van der Waals surface area contributed by atoms with E-state index in [0.717, 1.165) is 17.1 Å². The molecule has 4 nitrogen and oxygen atoms in total. The van der Waals surface area contributed by atoms with Crippen LogP contribution in [0.2, 0.25) is 0 Å². The number of carbonyl (C=O) groups excluding carboxylic acids is 1. The van der Waals surface area contributed by atoms with Crippen LogP contribution in [-0.2, 0) is 11.0 Å². The Morgan fingerprint density at radius 3 is 2.30 bits per heavy atom. The third-order valence-corrected chi connectivity index (χ3v) is 3.43. The normalized spacial score (nSPS) is 15.0. The van der Waals surface area contributed by atoms with E-state index in [1.54, 1.807) is 18.2 Å². The van der Waals surface area contributed by atoms with Crippen molar-refractivity contribution in [3.8, 4) is 5.75 Å². The number of hydrogen-bond acceptors (Lipinski definition) is 3. The number of amides is 1. The highest BCUT2D eigenvalue weighted by Gasteiger charge is 2.31. The lowest BCUT2D eigenvalue weighted by Crippen LogP contribution is -2.19. The lowest BCUT2D eigenvalue weighted by Gasteiger charge is -2.13. The zero-order valence-corrected chi connectivity index (χ0v) is 11.7. The van der Waals surface area contributed by atoms with Gasteiger partial charge in [0.2, 0.25) is 0 Å². The minimum Gasteiger partial charge on any atom is -0.507 e. The highest BCUT2D eigenvalue weighted by molar-refractivity contribution is 6.20. The summed E-state index contributed by atoms with van der Waals surface area (Å²) in [5.74, 6) is -0.378. The van der Waals surface area contributed by atoms with Crippen LogP contribution >= 0.6 is 0 Å². The van der Waals surface area contributed by atoms with Gasteiger partial charge in [0, 0.05) is 5.56 Å². The molecule has 3 rings (SSSR count). The van der Waals surface area contributed by atoms with Crippen molar-refractivity contribution in [2.75, 3.05) is 5.01 Å². The first kappa shape index (κ1) is 15.1. The van der Waals surface area contributed by atoms with E-state index in [0.29, 0.717) is 11.3 Å². The van der Waals surface area contributed by atoms with Crippen LogP contribution in [0.5, 0.6) is 5.75 Å². The van der Waals surface area contributed by atoms with Gasteiger partial charge in [-0.3, -0.25) is 4.79 Å². The molecule has 0 saturated heterocycles. The molecule has 23 heavy (non-hydrogen) atoms. The van der Waals surface area contributed by atoms with Crippen molar-refractivity contribution in [1.82, 2.24) is 0 Å². The Bertz CT molecular complexity index is 783. The van der Waals surface area contributed by atoms with Gasteiger partial charge in [0.25, 0.3) is 5.91 Å². The summed E-state index contributed by atoms with van der Waals surface area (Å²) in [7, 11) is 0. The van der Waals surface area contributed by atoms with Crippen molar-refractivity contribution < 1.29 is 23.1 Å². The average Bonchev–Trinajstić information content (AvgIpc) is 2.89. The summed E-state index contributed by atoms with van der Waals surface area (Å²) in [6.45, 7) is 0. The van der Waals surface area contributed by atoms with E-state index in [1.165, 1.54) is 18.2 Å². The molecular formula is C16H11F3N2O2. The van der Waals surface area contributed by atoms with E-state index in [4.69, 9.17) is 0 Å². The number of phenols is 1. The van der Waals surface area contributed by atoms with Crippen molar-refractivity contribution in [2.24, 2.45) is 5.10 Å². The first-order valence-corrected chi connectivity index (χ1v) is 6.72. The van der Waals surface area contributed by atoms with Gasteiger partial charge in [-0.05, 0) is 36.4 Å². The predicted octanol–water partition coefficient (Wildman–Crippen LogP) is 3.55. The van der Waals surface area contributed by atoms with Gasteiger partial charge >= 0.3 is 6.18 Å². The fraction of sp³-hybridized carbons (Fsp3) is 0.125. The molecule has 0 fully saturated rings. The number of benzene rings is 2. The molecule has 0 radical (unpaired) electrons. The standard InChI is InChI=1S/C16H11F3N2O2/c17-16(18,19)10-5-7-11(8-6-10)21-15(23)9-13(20-21)12-3-1-2-4-14(12)22/h1-8,22H,9H2. The Balaban J connectivity index is 1.92. The van der Waals surface area contributed by atoms with E-state index in [2.05, 4.69) is 5.10 Å². The molecule has 7 heteroatoms. The van der Waals surface area contributed by atoms with Crippen LogP contribution in [0.1, 0.15) is 17.5 Å². The molecule has 0 saturated carbocycles. The number of alkyl halides is 3. The van der Waals surface area contributed by atoms with Crippen molar-refractivity contribution in [1.29, 1.82) is 0 Å². The van der Waals surface area contributed by atoms with Gasteiger partial charge < -0.3 is 5.11 Å². The van der Waals surface area contributed by atoms with E-state index >= 15 is 0 Å². The molecule has 0 aromatic heterocycles. The van der Waals surface area contributed by atoms with Gasteiger partial charge in [-0.15, -0.1) is 0 Å². The van der Waals surface area contributed by atoms with Gasteiger partial charge in [-0.2, -0.15) is 18.3 Å². The second kappa shape index (κ2) is 5.42. The smallest absolute Gasteiger partial charge is 0.416 e. The number of halogens is 3. The molecule has 118 valence electrons. The van der Waals surface area contributed by atoms with E-state index in [1.807, 2.05) is 0 Å². The molecule has 1 N–H and O–H groups in total. The topological polar surface area (TPSA) is 52.9 Å². The molecule has 0 unspecified atom stereocenters. The molecule has 2 aromatic rings. The summed E-state index contributed by atoms with van der Waals surface area (Å²) < 4.78 is 37.7. The summed E-state index contributed by atoms with van der Waals surface area (Å²) in [6, 6.07) is 10.6. The van der Waals surface area contributed by atoms with Crippen molar-refractivity contribution in [3.63, 3.8) is 0 Å². The number of phenolic OH excluding ortho intramolecular Hbond substituents is 1. The Labute approximate surface area is 129 Å². The predicted molar refractivity (Wildman–Crippen MR) is 78.2 cm³/mol. The molecule has 0 atom stereocenters. The number of rotatable bonds is 2. The van der Waals surface area contributed by atoms with Crippen LogP contribution in [-0.4, -0.2) is 16.7 Å². The van der Waals surface area contributed by atoms with Crippen molar-refractivity contribution in [2.45, 2.75) is 12.6 Å². The molecular weight excluding hydrogens is 309 g/mol. The number of aromatic hydroxyl groups is 1. The Kier molecular flexibility index (Phi) is 3.55. The maximum Gasteiger partial charge on any atom is 0.416 e. The highest BCUT2D eigenvalue weighted by Crippen LogP contribution is 2.32. The number of anilines is 1. The van der Waals surface area contributed by atoms with Crippen LogP contribution in [0.4, 0.5) is 18.9 Å². The van der Waals surface area contributed by atoms with Crippen LogP contribution in [0, 0.1) is 0 Å². The molecule has 0 aliphatic carbocycles. The van der Waals surface area contributed by atoms with Crippen molar-refractivity contribution in [3.05, 3.63) is 59.7 Å².